The molecular weight excluding hydrogens is 360 g/mol. The van der Waals surface area contributed by atoms with Crippen LogP contribution in [0.25, 0.3) is 11.0 Å². The third kappa shape index (κ3) is 3.93. The predicted octanol–water partition coefficient (Wildman–Crippen LogP) is 0.769. The van der Waals surface area contributed by atoms with E-state index in [1.165, 1.54) is 6.07 Å². The molecule has 2 saturated heterocycles. The minimum absolute atomic E-state index is 0.00256. The molecule has 2 atom stereocenters. The van der Waals surface area contributed by atoms with Gasteiger partial charge in [0.2, 0.25) is 5.91 Å². The second kappa shape index (κ2) is 7.73. The van der Waals surface area contributed by atoms with Crippen molar-refractivity contribution in [3.05, 3.63) is 46.3 Å². The quantitative estimate of drug-likeness (QED) is 0.722. The Hall–Kier alpha value is -2.71. The molecule has 8 heteroatoms. The second-order valence-electron chi connectivity index (χ2n) is 7.50. The molecular formula is C20H24N4O4. The molecule has 1 aromatic heterocycles. The van der Waals surface area contributed by atoms with E-state index in [4.69, 9.17) is 4.42 Å². The van der Waals surface area contributed by atoms with E-state index in [1.807, 2.05) is 6.92 Å². The standard InChI is InChI=1S/C20H24N4O4/c1-12-10-18(26)23-20(21-12)24-8-6-13(7-9-24)22-19(27)17-11-15(25)14-4-2-3-5-16(14)28-17/h2-5,11-13,20-21H,6-10H2,1H3,(H,22,27)(H,23,26). The van der Waals surface area contributed by atoms with Crippen LogP contribution in [0.3, 0.4) is 0 Å². The monoisotopic (exact) mass is 384 g/mol. The first kappa shape index (κ1) is 18.6. The normalized spacial score (nSPS) is 24.1. The van der Waals surface area contributed by atoms with Crippen LogP contribution in [0, 0.1) is 0 Å². The predicted molar refractivity (Wildman–Crippen MR) is 104 cm³/mol. The maximum Gasteiger partial charge on any atom is 0.287 e. The Balaban J connectivity index is 1.36. The summed E-state index contributed by atoms with van der Waals surface area (Å²) < 4.78 is 5.61. The van der Waals surface area contributed by atoms with Crippen LogP contribution in [-0.2, 0) is 4.79 Å². The molecule has 2 aromatic rings. The topological polar surface area (TPSA) is 104 Å². The molecule has 0 aliphatic carbocycles. The van der Waals surface area contributed by atoms with Gasteiger partial charge < -0.3 is 15.1 Å². The SMILES string of the molecule is CC1CC(=O)NC(N2CCC(NC(=O)c3cc(=O)c4ccccc4o3)CC2)N1. The van der Waals surface area contributed by atoms with E-state index < -0.39 is 0 Å². The van der Waals surface area contributed by atoms with Crippen LogP contribution in [-0.4, -0.2) is 48.2 Å². The van der Waals surface area contributed by atoms with Gasteiger partial charge in [-0.2, -0.15) is 0 Å². The van der Waals surface area contributed by atoms with Gasteiger partial charge >= 0.3 is 0 Å². The number of rotatable bonds is 3. The molecule has 0 saturated carbocycles. The van der Waals surface area contributed by atoms with E-state index in [0.717, 1.165) is 25.9 Å². The largest absolute Gasteiger partial charge is 0.451 e. The molecule has 148 valence electrons. The molecule has 2 fully saturated rings. The molecule has 3 N–H and O–H groups in total. The van der Waals surface area contributed by atoms with Gasteiger partial charge in [0.15, 0.2) is 11.2 Å². The molecule has 2 aliphatic rings. The van der Waals surface area contributed by atoms with Crippen molar-refractivity contribution < 1.29 is 14.0 Å². The van der Waals surface area contributed by atoms with Crippen LogP contribution in [0.5, 0.6) is 0 Å². The van der Waals surface area contributed by atoms with Gasteiger partial charge in [-0.15, -0.1) is 0 Å². The lowest BCUT2D eigenvalue weighted by Crippen LogP contribution is -2.65. The van der Waals surface area contributed by atoms with Gasteiger partial charge in [0.1, 0.15) is 11.9 Å². The number of amides is 2. The van der Waals surface area contributed by atoms with Crippen LogP contribution in [0.15, 0.2) is 39.5 Å². The van der Waals surface area contributed by atoms with Crippen molar-refractivity contribution in [3.8, 4) is 0 Å². The second-order valence-corrected chi connectivity index (χ2v) is 7.50. The van der Waals surface area contributed by atoms with Crippen molar-refractivity contribution in [1.82, 2.24) is 20.9 Å². The zero-order chi connectivity index (χ0) is 19.7. The average molecular weight is 384 g/mol. The highest BCUT2D eigenvalue weighted by Gasteiger charge is 2.31. The number of carbonyl (C=O) groups is 2. The summed E-state index contributed by atoms with van der Waals surface area (Å²) in [7, 11) is 0. The van der Waals surface area contributed by atoms with Crippen LogP contribution >= 0.6 is 0 Å². The van der Waals surface area contributed by atoms with Crippen molar-refractivity contribution >= 4 is 22.8 Å². The van der Waals surface area contributed by atoms with Gasteiger partial charge in [0.05, 0.1) is 5.39 Å². The van der Waals surface area contributed by atoms with Gasteiger partial charge in [0, 0.05) is 37.7 Å². The maximum absolute atomic E-state index is 12.6. The fraction of sp³-hybridized carbons (Fsp3) is 0.450. The Morgan fingerprint density at radius 3 is 2.71 bits per heavy atom. The van der Waals surface area contributed by atoms with E-state index in [-0.39, 0.29) is 41.4 Å². The number of fused-ring (bicyclic) bond motifs is 1. The summed E-state index contributed by atoms with van der Waals surface area (Å²) in [6.07, 6.45) is 1.84. The number of likely N-dealkylation sites (tertiary alicyclic amines) is 1. The minimum atomic E-state index is -0.376. The first-order valence-electron chi connectivity index (χ1n) is 9.63. The molecule has 4 rings (SSSR count). The Morgan fingerprint density at radius 2 is 1.96 bits per heavy atom. The molecule has 28 heavy (non-hydrogen) atoms. The van der Waals surface area contributed by atoms with E-state index in [0.29, 0.717) is 17.4 Å². The number of nitrogens with one attached hydrogen (secondary N) is 3. The first-order valence-corrected chi connectivity index (χ1v) is 9.63. The minimum Gasteiger partial charge on any atom is -0.451 e. The number of carbonyl (C=O) groups excluding carboxylic acids is 2. The lowest BCUT2D eigenvalue weighted by atomic mass is 10.0. The highest BCUT2D eigenvalue weighted by Crippen LogP contribution is 2.16. The van der Waals surface area contributed by atoms with Crippen LogP contribution in [0.1, 0.15) is 36.7 Å². The van der Waals surface area contributed by atoms with Gasteiger partial charge in [-0.05, 0) is 31.9 Å². The van der Waals surface area contributed by atoms with Crippen molar-refractivity contribution in [2.45, 2.75) is 44.6 Å². The first-order chi connectivity index (χ1) is 13.5. The Bertz CT molecular complexity index is 949. The third-order valence-electron chi connectivity index (χ3n) is 5.32. The molecule has 0 spiro atoms. The van der Waals surface area contributed by atoms with Gasteiger partial charge in [-0.25, -0.2) is 0 Å². The summed E-state index contributed by atoms with van der Waals surface area (Å²) in [6.45, 7) is 3.49. The average Bonchev–Trinajstić information content (AvgIpc) is 2.68. The summed E-state index contributed by atoms with van der Waals surface area (Å²) in [5.41, 5.74) is 0.179. The molecule has 2 aliphatic heterocycles. The fourth-order valence-electron chi connectivity index (χ4n) is 3.83. The maximum atomic E-state index is 12.6. The highest BCUT2D eigenvalue weighted by atomic mass is 16.3. The summed E-state index contributed by atoms with van der Waals surface area (Å²) in [5.74, 6) is -0.293. The van der Waals surface area contributed by atoms with Crippen molar-refractivity contribution in [3.63, 3.8) is 0 Å². The molecule has 8 nitrogen and oxygen atoms in total. The number of benzene rings is 1. The van der Waals surface area contributed by atoms with Crippen LogP contribution in [0.2, 0.25) is 0 Å². The smallest absolute Gasteiger partial charge is 0.287 e. The van der Waals surface area contributed by atoms with Crippen LogP contribution in [0.4, 0.5) is 0 Å². The number of para-hydroxylation sites is 1. The molecule has 1 aromatic carbocycles. The van der Waals surface area contributed by atoms with Crippen LogP contribution < -0.4 is 21.4 Å². The summed E-state index contributed by atoms with van der Waals surface area (Å²) >= 11 is 0. The lowest BCUT2D eigenvalue weighted by molar-refractivity contribution is -0.127. The van der Waals surface area contributed by atoms with E-state index in [2.05, 4.69) is 20.9 Å². The molecule has 0 radical (unpaired) electrons. The van der Waals surface area contributed by atoms with E-state index in [1.54, 1.807) is 24.3 Å². The molecule has 3 heterocycles. The van der Waals surface area contributed by atoms with Crippen molar-refractivity contribution in [2.24, 2.45) is 0 Å². The Labute approximate surface area is 162 Å². The van der Waals surface area contributed by atoms with Gasteiger partial charge in [-0.3, -0.25) is 24.6 Å². The van der Waals surface area contributed by atoms with Crippen molar-refractivity contribution in [1.29, 1.82) is 0 Å². The number of hydrogen-bond acceptors (Lipinski definition) is 6. The zero-order valence-corrected chi connectivity index (χ0v) is 15.7. The fourth-order valence-corrected chi connectivity index (χ4v) is 3.83. The number of piperidine rings is 1. The van der Waals surface area contributed by atoms with E-state index >= 15 is 0 Å². The summed E-state index contributed by atoms with van der Waals surface area (Å²) in [6, 6.07) is 8.27. The summed E-state index contributed by atoms with van der Waals surface area (Å²) in [4.78, 5) is 38.6. The molecule has 0 bridgehead atoms. The molecule has 2 unspecified atom stereocenters. The number of hydrogen-bond donors (Lipinski definition) is 3. The van der Waals surface area contributed by atoms with Gasteiger partial charge in [0.25, 0.3) is 5.91 Å². The van der Waals surface area contributed by atoms with Gasteiger partial charge in [-0.1, -0.05) is 12.1 Å². The zero-order valence-electron chi connectivity index (χ0n) is 15.7. The third-order valence-corrected chi connectivity index (χ3v) is 5.32. The summed E-state index contributed by atoms with van der Waals surface area (Å²) in [5, 5.41) is 9.76. The number of nitrogens with zero attached hydrogens (tertiary/aromatic N) is 1. The Kier molecular flexibility index (Phi) is 5.15. The highest BCUT2D eigenvalue weighted by molar-refractivity contribution is 5.93. The Morgan fingerprint density at radius 1 is 1.21 bits per heavy atom. The lowest BCUT2D eigenvalue weighted by Gasteiger charge is -2.41. The van der Waals surface area contributed by atoms with E-state index in [9.17, 15) is 14.4 Å². The van der Waals surface area contributed by atoms with Crippen molar-refractivity contribution in [2.75, 3.05) is 13.1 Å². The molecule has 2 amide bonds.